The fourth-order valence-electron chi connectivity index (χ4n) is 2.66. The van der Waals surface area contributed by atoms with E-state index in [2.05, 4.69) is 5.32 Å². The number of nitrogens with one attached hydrogen (secondary N) is 1. The van der Waals surface area contributed by atoms with Crippen LogP contribution in [-0.4, -0.2) is 55.3 Å². The van der Waals surface area contributed by atoms with Gasteiger partial charge in [0.15, 0.2) is 0 Å². The van der Waals surface area contributed by atoms with Crippen LogP contribution in [0.2, 0.25) is 0 Å². The predicted octanol–water partition coefficient (Wildman–Crippen LogP) is 0.327. The summed E-state index contributed by atoms with van der Waals surface area (Å²) in [5, 5.41) is 2.81. The van der Waals surface area contributed by atoms with Gasteiger partial charge in [-0.15, -0.1) is 0 Å². The minimum atomic E-state index is -3.17. The molecule has 0 aliphatic carbocycles. The maximum absolute atomic E-state index is 12.7. The lowest BCUT2D eigenvalue weighted by atomic mass is 9.91. The van der Waals surface area contributed by atoms with Crippen molar-refractivity contribution in [3.8, 4) is 0 Å². The largest absolute Gasteiger partial charge is 0.342 e. The van der Waals surface area contributed by atoms with Crippen molar-refractivity contribution in [1.82, 2.24) is 10.2 Å². The van der Waals surface area contributed by atoms with Gasteiger partial charge in [0.1, 0.15) is 15.4 Å². The highest BCUT2D eigenvalue weighted by Crippen LogP contribution is 2.23. The van der Waals surface area contributed by atoms with Gasteiger partial charge in [-0.25, -0.2) is 8.42 Å². The highest BCUT2D eigenvalue weighted by molar-refractivity contribution is 7.90. The van der Waals surface area contributed by atoms with Crippen molar-refractivity contribution in [3.05, 3.63) is 0 Å². The molecule has 1 fully saturated rings. The van der Waals surface area contributed by atoms with Gasteiger partial charge in [0.25, 0.3) is 0 Å². The van der Waals surface area contributed by atoms with E-state index >= 15 is 0 Å². The summed E-state index contributed by atoms with van der Waals surface area (Å²) in [5.41, 5.74) is -0.903. The lowest BCUT2D eigenvalue weighted by Gasteiger charge is -2.36. The Hall–Kier alpha value is -1.11. The smallest absolute Gasteiger partial charge is 0.248 e. The Morgan fingerprint density at radius 1 is 1.30 bits per heavy atom. The first-order valence-corrected chi connectivity index (χ1v) is 9.01. The lowest BCUT2D eigenvalue weighted by Crippen LogP contribution is -2.58. The van der Waals surface area contributed by atoms with E-state index in [-0.39, 0.29) is 30.5 Å². The summed E-state index contributed by atoms with van der Waals surface area (Å²) in [5.74, 6) is -0.420. The monoisotopic (exact) mass is 304 g/mol. The number of hydrogen-bond donors (Lipinski definition) is 1. The van der Waals surface area contributed by atoms with Crippen LogP contribution in [0.3, 0.4) is 0 Å². The SMILES string of the molecule is CCC1(CC)NC(=O)CCN(C(C)CS(C)(=O)=O)C1=O. The summed E-state index contributed by atoms with van der Waals surface area (Å²) >= 11 is 0. The molecule has 1 N–H and O–H groups in total. The third kappa shape index (κ3) is 3.71. The quantitative estimate of drug-likeness (QED) is 0.793. The third-order valence-corrected chi connectivity index (χ3v) is 5.00. The van der Waals surface area contributed by atoms with E-state index in [9.17, 15) is 18.0 Å². The van der Waals surface area contributed by atoms with Gasteiger partial charge in [-0.05, 0) is 19.8 Å². The number of nitrogens with zero attached hydrogens (tertiary/aromatic N) is 1. The number of hydrogen-bond acceptors (Lipinski definition) is 4. The van der Waals surface area contributed by atoms with Crippen LogP contribution < -0.4 is 5.32 Å². The molecule has 1 unspecified atom stereocenters. The normalized spacial score (nSPS) is 21.3. The van der Waals surface area contributed by atoms with Crippen molar-refractivity contribution < 1.29 is 18.0 Å². The van der Waals surface area contributed by atoms with Crippen LogP contribution in [0.15, 0.2) is 0 Å². The molecule has 2 amide bonds. The van der Waals surface area contributed by atoms with Gasteiger partial charge in [-0.2, -0.15) is 0 Å². The number of carbonyl (C=O) groups is 2. The average Bonchev–Trinajstić information content (AvgIpc) is 2.45. The fourth-order valence-corrected chi connectivity index (χ4v) is 3.72. The molecule has 0 saturated carbocycles. The number of rotatable bonds is 5. The predicted molar refractivity (Wildman–Crippen MR) is 77.0 cm³/mol. The highest BCUT2D eigenvalue weighted by atomic mass is 32.2. The van der Waals surface area contributed by atoms with E-state index in [0.717, 1.165) is 6.26 Å². The molecular weight excluding hydrogens is 280 g/mol. The highest BCUT2D eigenvalue weighted by Gasteiger charge is 2.43. The van der Waals surface area contributed by atoms with Crippen LogP contribution in [0.4, 0.5) is 0 Å². The van der Waals surface area contributed by atoms with Gasteiger partial charge < -0.3 is 10.2 Å². The Kier molecular flexibility index (Phi) is 5.18. The Morgan fingerprint density at radius 2 is 1.85 bits per heavy atom. The molecule has 0 aromatic heterocycles. The lowest BCUT2D eigenvalue weighted by molar-refractivity contribution is -0.140. The summed E-state index contributed by atoms with van der Waals surface area (Å²) in [6, 6.07) is -0.428. The van der Waals surface area contributed by atoms with Crippen LogP contribution in [0.25, 0.3) is 0 Å². The van der Waals surface area contributed by atoms with Crippen LogP contribution in [0.1, 0.15) is 40.0 Å². The van der Waals surface area contributed by atoms with Crippen molar-refractivity contribution in [2.24, 2.45) is 0 Å². The Balaban J connectivity index is 3.07. The van der Waals surface area contributed by atoms with Crippen LogP contribution in [0, 0.1) is 0 Å². The van der Waals surface area contributed by atoms with Crippen molar-refractivity contribution >= 4 is 21.7 Å². The summed E-state index contributed by atoms with van der Waals surface area (Å²) in [6.45, 7) is 5.69. The summed E-state index contributed by atoms with van der Waals surface area (Å²) in [6.07, 6.45) is 2.36. The molecule has 1 atom stereocenters. The molecule has 1 rings (SSSR count). The molecule has 0 spiro atoms. The Bertz CT molecular complexity index is 483. The van der Waals surface area contributed by atoms with E-state index in [1.54, 1.807) is 6.92 Å². The molecule has 0 bridgehead atoms. The van der Waals surface area contributed by atoms with Gasteiger partial charge >= 0.3 is 0 Å². The van der Waals surface area contributed by atoms with Gasteiger partial charge in [-0.3, -0.25) is 9.59 Å². The first-order chi connectivity index (χ1) is 9.15. The second kappa shape index (κ2) is 6.11. The molecule has 0 aromatic carbocycles. The maximum atomic E-state index is 12.7. The standard InChI is InChI=1S/C13H24N2O4S/c1-5-13(6-2)12(17)15(8-7-11(16)14-13)10(3)9-20(4,18)19/h10H,5-9H2,1-4H3,(H,14,16). The summed E-state index contributed by atoms with van der Waals surface area (Å²) < 4.78 is 22.8. The van der Waals surface area contributed by atoms with E-state index < -0.39 is 21.4 Å². The Morgan fingerprint density at radius 3 is 2.30 bits per heavy atom. The molecule has 1 aliphatic rings. The maximum Gasteiger partial charge on any atom is 0.248 e. The van der Waals surface area contributed by atoms with E-state index in [1.165, 1.54) is 4.90 Å². The van der Waals surface area contributed by atoms with Crippen molar-refractivity contribution in [2.45, 2.75) is 51.6 Å². The Labute approximate surface area is 120 Å². The van der Waals surface area contributed by atoms with Crippen molar-refractivity contribution in [1.29, 1.82) is 0 Å². The molecule has 7 heteroatoms. The second-order valence-electron chi connectivity index (χ2n) is 5.53. The molecule has 1 heterocycles. The van der Waals surface area contributed by atoms with Crippen LogP contribution >= 0.6 is 0 Å². The van der Waals surface area contributed by atoms with E-state index in [1.807, 2.05) is 13.8 Å². The topological polar surface area (TPSA) is 83.6 Å². The third-order valence-electron chi connectivity index (χ3n) is 3.91. The van der Waals surface area contributed by atoms with Gasteiger partial charge in [0.2, 0.25) is 11.8 Å². The van der Waals surface area contributed by atoms with Gasteiger partial charge in [0.05, 0.1) is 5.75 Å². The van der Waals surface area contributed by atoms with Gasteiger partial charge in [-0.1, -0.05) is 13.8 Å². The minimum Gasteiger partial charge on any atom is -0.342 e. The summed E-state index contributed by atoms with van der Waals surface area (Å²) in [4.78, 5) is 26.1. The van der Waals surface area contributed by atoms with Crippen LogP contribution in [-0.2, 0) is 19.4 Å². The zero-order chi connectivity index (χ0) is 15.6. The van der Waals surface area contributed by atoms with Crippen molar-refractivity contribution in [2.75, 3.05) is 18.6 Å². The molecule has 20 heavy (non-hydrogen) atoms. The molecule has 116 valence electrons. The molecule has 0 aromatic rings. The average molecular weight is 304 g/mol. The van der Waals surface area contributed by atoms with Crippen LogP contribution in [0.5, 0.6) is 0 Å². The van der Waals surface area contributed by atoms with Gasteiger partial charge in [0, 0.05) is 25.3 Å². The number of amides is 2. The fraction of sp³-hybridized carbons (Fsp3) is 0.846. The first kappa shape index (κ1) is 16.9. The second-order valence-corrected chi connectivity index (χ2v) is 7.71. The molecule has 6 nitrogen and oxygen atoms in total. The number of carbonyl (C=O) groups excluding carboxylic acids is 2. The van der Waals surface area contributed by atoms with E-state index in [4.69, 9.17) is 0 Å². The van der Waals surface area contributed by atoms with E-state index in [0.29, 0.717) is 12.8 Å². The first-order valence-electron chi connectivity index (χ1n) is 6.95. The summed E-state index contributed by atoms with van der Waals surface area (Å²) in [7, 11) is -3.17. The van der Waals surface area contributed by atoms with Crippen molar-refractivity contribution in [3.63, 3.8) is 0 Å². The zero-order valence-corrected chi connectivity index (χ0v) is 13.4. The number of sulfone groups is 1. The minimum absolute atomic E-state index is 0.0869. The molecule has 1 saturated heterocycles. The molecule has 0 radical (unpaired) electrons. The molecular formula is C13H24N2O4S. The molecule has 1 aliphatic heterocycles. The zero-order valence-electron chi connectivity index (χ0n) is 12.6.